The summed E-state index contributed by atoms with van der Waals surface area (Å²) in [7, 11) is 0. The van der Waals surface area contributed by atoms with Gasteiger partial charge in [-0.1, -0.05) is 36.4 Å². The summed E-state index contributed by atoms with van der Waals surface area (Å²) in [6, 6.07) is 16.0. The Morgan fingerprint density at radius 3 is 2.50 bits per heavy atom. The minimum atomic E-state index is 0.0843. The van der Waals surface area contributed by atoms with E-state index in [4.69, 9.17) is 0 Å². The molecule has 2 aromatic rings. The predicted octanol–water partition coefficient (Wildman–Crippen LogP) is 3.50. The molecular weight excluding hydrogens is 272 g/mol. The first-order valence-electron chi connectivity index (χ1n) is 8.13. The number of nitrogens with one attached hydrogen (secondary N) is 1. The summed E-state index contributed by atoms with van der Waals surface area (Å²) in [5.74, 6) is 0.0843. The van der Waals surface area contributed by atoms with Crippen molar-refractivity contribution in [3.63, 3.8) is 0 Å². The number of rotatable bonds is 3. The summed E-state index contributed by atoms with van der Waals surface area (Å²) in [4.78, 5) is 13.7. The summed E-state index contributed by atoms with van der Waals surface area (Å²) in [6.07, 6.45) is 2.08. The number of hydrogen-bond donors (Lipinski definition) is 1. The Bertz CT molecular complexity index is 659. The number of carbonyl (C=O) groups excluding carboxylic acids is 1. The molecule has 116 valence electrons. The zero-order chi connectivity index (χ0) is 15.5. The maximum Gasteiger partial charge on any atom is 0.217 e. The topological polar surface area (TPSA) is 32.3 Å². The van der Waals surface area contributed by atoms with Gasteiger partial charge in [-0.25, -0.2) is 0 Å². The van der Waals surface area contributed by atoms with Crippen molar-refractivity contribution >= 4 is 16.7 Å². The zero-order valence-electron chi connectivity index (χ0n) is 13.4. The van der Waals surface area contributed by atoms with Gasteiger partial charge in [0.2, 0.25) is 5.91 Å². The second-order valence-electron chi connectivity index (χ2n) is 6.29. The second kappa shape index (κ2) is 6.49. The van der Waals surface area contributed by atoms with Crippen LogP contribution in [0, 0.1) is 0 Å². The number of fused-ring (bicyclic) bond motifs is 1. The molecule has 1 unspecified atom stereocenters. The van der Waals surface area contributed by atoms with E-state index in [2.05, 4.69) is 59.6 Å². The molecule has 3 rings (SSSR count). The molecule has 1 fully saturated rings. The quantitative estimate of drug-likeness (QED) is 0.940. The zero-order valence-corrected chi connectivity index (χ0v) is 13.4. The molecule has 1 atom stereocenters. The Morgan fingerprint density at radius 1 is 1.14 bits per heavy atom. The molecule has 1 saturated heterocycles. The van der Waals surface area contributed by atoms with Crippen molar-refractivity contribution in [1.29, 1.82) is 0 Å². The van der Waals surface area contributed by atoms with Gasteiger partial charge in [-0.2, -0.15) is 0 Å². The van der Waals surface area contributed by atoms with E-state index in [0.29, 0.717) is 12.1 Å². The van der Waals surface area contributed by atoms with Crippen molar-refractivity contribution in [3.05, 3.63) is 48.0 Å². The van der Waals surface area contributed by atoms with Gasteiger partial charge in [-0.05, 0) is 42.2 Å². The molecule has 22 heavy (non-hydrogen) atoms. The Balaban J connectivity index is 1.68. The standard InChI is InChI=1S/C19H24N2O/c1-14(21-11-9-19(10-12-21)20-15(2)22)17-8-7-16-5-3-4-6-18(16)13-17/h3-8,13-14,19H,9-12H2,1-2H3,(H,20,22). The lowest BCUT2D eigenvalue weighted by Crippen LogP contribution is -2.44. The molecule has 0 bridgehead atoms. The fourth-order valence-electron chi connectivity index (χ4n) is 3.40. The van der Waals surface area contributed by atoms with Crippen molar-refractivity contribution in [3.8, 4) is 0 Å². The molecule has 1 amide bonds. The highest BCUT2D eigenvalue weighted by Crippen LogP contribution is 2.27. The first kappa shape index (κ1) is 15.0. The number of hydrogen-bond acceptors (Lipinski definition) is 2. The van der Waals surface area contributed by atoms with Crippen LogP contribution in [0.2, 0.25) is 0 Å². The number of likely N-dealkylation sites (tertiary alicyclic amines) is 1. The van der Waals surface area contributed by atoms with Crippen LogP contribution in [0.5, 0.6) is 0 Å². The van der Waals surface area contributed by atoms with Crippen molar-refractivity contribution in [1.82, 2.24) is 10.2 Å². The lowest BCUT2D eigenvalue weighted by Gasteiger charge is -2.36. The van der Waals surface area contributed by atoms with Gasteiger partial charge in [0, 0.05) is 32.1 Å². The maximum absolute atomic E-state index is 11.1. The molecule has 1 heterocycles. The number of piperidine rings is 1. The van der Waals surface area contributed by atoms with Crippen molar-refractivity contribution in [2.75, 3.05) is 13.1 Å². The van der Waals surface area contributed by atoms with Crippen LogP contribution < -0.4 is 5.32 Å². The van der Waals surface area contributed by atoms with Gasteiger partial charge in [-0.3, -0.25) is 9.69 Å². The highest BCUT2D eigenvalue weighted by atomic mass is 16.1. The van der Waals surface area contributed by atoms with Crippen molar-refractivity contribution in [2.24, 2.45) is 0 Å². The third-order valence-electron chi connectivity index (χ3n) is 4.74. The van der Waals surface area contributed by atoms with E-state index in [1.54, 1.807) is 6.92 Å². The van der Waals surface area contributed by atoms with Gasteiger partial charge in [0.25, 0.3) is 0 Å². The van der Waals surface area contributed by atoms with E-state index in [0.717, 1.165) is 25.9 Å². The van der Waals surface area contributed by atoms with Crippen LogP contribution in [0.1, 0.15) is 38.3 Å². The van der Waals surface area contributed by atoms with Crippen LogP contribution in [0.4, 0.5) is 0 Å². The summed E-state index contributed by atoms with van der Waals surface area (Å²) in [6.45, 7) is 5.96. The second-order valence-corrected chi connectivity index (χ2v) is 6.29. The van der Waals surface area contributed by atoms with E-state index in [1.165, 1.54) is 16.3 Å². The summed E-state index contributed by atoms with van der Waals surface area (Å²) >= 11 is 0. The first-order valence-corrected chi connectivity index (χ1v) is 8.13. The molecule has 0 aromatic heterocycles. The van der Waals surface area contributed by atoms with E-state index in [-0.39, 0.29) is 5.91 Å². The lowest BCUT2D eigenvalue weighted by atomic mass is 9.98. The monoisotopic (exact) mass is 296 g/mol. The average molecular weight is 296 g/mol. The highest BCUT2D eigenvalue weighted by Gasteiger charge is 2.23. The maximum atomic E-state index is 11.1. The molecule has 0 spiro atoms. The molecule has 1 N–H and O–H groups in total. The van der Waals surface area contributed by atoms with Gasteiger partial charge in [0.1, 0.15) is 0 Å². The largest absolute Gasteiger partial charge is 0.354 e. The van der Waals surface area contributed by atoms with Crippen LogP contribution in [0.15, 0.2) is 42.5 Å². The van der Waals surface area contributed by atoms with Crippen molar-refractivity contribution < 1.29 is 4.79 Å². The van der Waals surface area contributed by atoms with Gasteiger partial charge in [0.05, 0.1) is 0 Å². The van der Waals surface area contributed by atoms with Gasteiger partial charge in [-0.15, -0.1) is 0 Å². The molecule has 1 aliphatic heterocycles. The Hall–Kier alpha value is -1.87. The predicted molar refractivity (Wildman–Crippen MR) is 90.8 cm³/mol. The number of carbonyl (C=O) groups is 1. The van der Waals surface area contributed by atoms with Crippen LogP contribution in [-0.2, 0) is 4.79 Å². The third-order valence-corrected chi connectivity index (χ3v) is 4.74. The lowest BCUT2D eigenvalue weighted by molar-refractivity contribution is -0.120. The smallest absolute Gasteiger partial charge is 0.217 e. The molecule has 3 heteroatoms. The minimum Gasteiger partial charge on any atom is -0.354 e. The average Bonchev–Trinajstić information content (AvgIpc) is 2.54. The molecule has 0 saturated carbocycles. The molecule has 2 aromatic carbocycles. The number of benzene rings is 2. The van der Waals surface area contributed by atoms with Crippen LogP contribution in [-0.4, -0.2) is 29.9 Å². The van der Waals surface area contributed by atoms with Crippen molar-refractivity contribution in [2.45, 2.75) is 38.8 Å². The fourth-order valence-corrected chi connectivity index (χ4v) is 3.40. The summed E-state index contributed by atoms with van der Waals surface area (Å²) in [5.41, 5.74) is 1.37. The summed E-state index contributed by atoms with van der Waals surface area (Å²) in [5, 5.41) is 5.64. The normalized spacial score (nSPS) is 18.3. The molecule has 0 aliphatic carbocycles. The summed E-state index contributed by atoms with van der Waals surface area (Å²) < 4.78 is 0. The highest BCUT2D eigenvalue weighted by molar-refractivity contribution is 5.83. The van der Waals surface area contributed by atoms with Gasteiger partial charge in [0.15, 0.2) is 0 Å². The van der Waals surface area contributed by atoms with Crippen LogP contribution >= 0.6 is 0 Å². The molecule has 3 nitrogen and oxygen atoms in total. The van der Waals surface area contributed by atoms with Gasteiger partial charge < -0.3 is 5.32 Å². The van der Waals surface area contributed by atoms with E-state index < -0.39 is 0 Å². The van der Waals surface area contributed by atoms with Crippen LogP contribution in [0.3, 0.4) is 0 Å². The Kier molecular flexibility index (Phi) is 4.44. The number of amides is 1. The molecule has 0 radical (unpaired) electrons. The van der Waals surface area contributed by atoms with Gasteiger partial charge >= 0.3 is 0 Å². The Labute approximate surface area is 132 Å². The van der Waals surface area contributed by atoms with E-state index >= 15 is 0 Å². The Morgan fingerprint density at radius 2 is 1.82 bits per heavy atom. The third kappa shape index (κ3) is 3.30. The number of nitrogens with zero attached hydrogens (tertiary/aromatic N) is 1. The molecule has 1 aliphatic rings. The van der Waals surface area contributed by atoms with Crippen LogP contribution in [0.25, 0.3) is 10.8 Å². The van der Waals surface area contributed by atoms with E-state index in [1.807, 2.05) is 0 Å². The first-order chi connectivity index (χ1) is 10.6. The minimum absolute atomic E-state index is 0.0843. The van der Waals surface area contributed by atoms with E-state index in [9.17, 15) is 4.79 Å². The SMILES string of the molecule is CC(=O)NC1CCN(C(C)c2ccc3ccccc3c2)CC1. The fraction of sp³-hybridized carbons (Fsp3) is 0.421. The molecular formula is C19H24N2O.